The van der Waals surface area contributed by atoms with E-state index in [9.17, 15) is 0 Å². The van der Waals surface area contributed by atoms with Crippen molar-refractivity contribution >= 4 is 11.4 Å². The maximum atomic E-state index is 4.52. The van der Waals surface area contributed by atoms with Crippen molar-refractivity contribution in [3.63, 3.8) is 0 Å². The van der Waals surface area contributed by atoms with Crippen LogP contribution in [0.1, 0.15) is 31.4 Å². The van der Waals surface area contributed by atoms with Gasteiger partial charge in [0.1, 0.15) is 0 Å². The van der Waals surface area contributed by atoms with Crippen molar-refractivity contribution in [3.8, 4) is 0 Å². The van der Waals surface area contributed by atoms with Crippen molar-refractivity contribution in [2.45, 2.75) is 20.3 Å². The van der Waals surface area contributed by atoms with E-state index in [1.165, 1.54) is 0 Å². The van der Waals surface area contributed by atoms with Crippen LogP contribution in [0.2, 0.25) is 0 Å². The number of nitrogens with zero attached hydrogens (tertiary/aromatic N) is 2. The first kappa shape index (κ1) is 13.4. The lowest BCUT2D eigenvalue weighted by molar-refractivity contribution is 1.01. The van der Waals surface area contributed by atoms with Crippen molar-refractivity contribution < 1.29 is 0 Å². The van der Waals surface area contributed by atoms with E-state index in [-0.39, 0.29) is 0 Å². The number of hydrogen-bond acceptors (Lipinski definition) is 2. The molecule has 1 aromatic carbocycles. The van der Waals surface area contributed by atoms with Crippen molar-refractivity contribution in [1.29, 1.82) is 0 Å². The molecule has 0 aliphatic rings. The minimum absolute atomic E-state index is 0.806. The number of hydrogen-bond donors (Lipinski definition) is 0. The molecule has 0 aliphatic carbocycles. The van der Waals surface area contributed by atoms with Gasteiger partial charge in [0.15, 0.2) is 0 Å². The van der Waals surface area contributed by atoms with Crippen molar-refractivity contribution in [2.24, 2.45) is 9.98 Å². The van der Waals surface area contributed by atoms with Gasteiger partial charge in [0, 0.05) is 25.0 Å². The Hall–Kier alpha value is -1.70. The zero-order valence-corrected chi connectivity index (χ0v) is 10.9. The molecule has 0 aromatic heterocycles. The van der Waals surface area contributed by atoms with Crippen LogP contribution in [0.3, 0.4) is 0 Å². The second-order valence-electron chi connectivity index (χ2n) is 3.93. The zero-order valence-electron chi connectivity index (χ0n) is 10.9. The monoisotopic (exact) mass is 228 g/mol. The van der Waals surface area contributed by atoms with E-state index in [4.69, 9.17) is 0 Å². The molecule has 1 aromatic rings. The summed E-state index contributed by atoms with van der Waals surface area (Å²) in [7, 11) is 1.81. The molecule has 0 unspecified atom stereocenters. The third kappa shape index (κ3) is 3.99. The molecular weight excluding hydrogens is 208 g/mol. The van der Waals surface area contributed by atoms with E-state index in [0.717, 1.165) is 35.5 Å². The van der Waals surface area contributed by atoms with E-state index in [1.54, 1.807) is 0 Å². The average Bonchev–Trinajstić information content (AvgIpc) is 2.38. The maximum absolute atomic E-state index is 4.52. The van der Waals surface area contributed by atoms with Crippen LogP contribution in [0.25, 0.3) is 0 Å². The van der Waals surface area contributed by atoms with Gasteiger partial charge in [-0.15, -0.1) is 6.58 Å². The van der Waals surface area contributed by atoms with E-state index < -0.39 is 0 Å². The molecule has 2 nitrogen and oxygen atoms in total. The minimum Gasteiger partial charge on any atom is -0.293 e. The minimum atomic E-state index is 0.806. The summed E-state index contributed by atoms with van der Waals surface area (Å²) in [5.41, 5.74) is 4.43. The van der Waals surface area contributed by atoms with E-state index >= 15 is 0 Å². The largest absolute Gasteiger partial charge is 0.293 e. The normalized spacial score (nSPS) is 12.6. The molecule has 0 N–H and O–H groups in total. The smallest absolute Gasteiger partial charge is 0.0427 e. The fraction of sp³-hybridized carbons (Fsp3) is 0.333. The van der Waals surface area contributed by atoms with Crippen LogP contribution in [0.4, 0.5) is 0 Å². The Morgan fingerprint density at radius 1 is 1.24 bits per heavy atom. The highest BCUT2D eigenvalue weighted by molar-refractivity contribution is 6.03. The molecule has 0 radical (unpaired) electrons. The predicted molar refractivity (Wildman–Crippen MR) is 76.5 cm³/mol. The first-order valence-corrected chi connectivity index (χ1v) is 5.85. The van der Waals surface area contributed by atoms with Crippen LogP contribution in [0.5, 0.6) is 0 Å². The predicted octanol–water partition coefficient (Wildman–Crippen LogP) is 3.51. The first-order valence-electron chi connectivity index (χ1n) is 5.85. The molecule has 0 spiro atoms. The summed E-state index contributed by atoms with van der Waals surface area (Å²) in [5.74, 6) is 0. The first-order chi connectivity index (χ1) is 8.19. The Kier molecular flexibility index (Phi) is 5.34. The lowest BCUT2D eigenvalue weighted by Gasteiger charge is -2.04. The van der Waals surface area contributed by atoms with E-state index in [0.29, 0.717) is 0 Å². The molecule has 0 saturated heterocycles. The van der Waals surface area contributed by atoms with Crippen molar-refractivity contribution in [2.75, 3.05) is 13.6 Å². The Balaban J connectivity index is 2.91. The molecule has 90 valence electrons. The molecule has 0 saturated carbocycles. The summed E-state index contributed by atoms with van der Waals surface area (Å²) in [4.78, 5) is 8.71. The second-order valence-corrected chi connectivity index (χ2v) is 3.93. The van der Waals surface area contributed by atoms with Gasteiger partial charge in [0.2, 0.25) is 0 Å². The van der Waals surface area contributed by atoms with Crippen LogP contribution in [-0.4, -0.2) is 25.0 Å². The molecule has 17 heavy (non-hydrogen) atoms. The van der Waals surface area contributed by atoms with Gasteiger partial charge >= 0.3 is 0 Å². The van der Waals surface area contributed by atoms with Crippen LogP contribution < -0.4 is 0 Å². The molecule has 1 rings (SSSR count). The fourth-order valence-corrected chi connectivity index (χ4v) is 1.51. The molecule has 0 atom stereocenters. The van der Waals surface area contributed by atoms with Crippen molar-refractivity contribution in [1.82, 2.24) is 0 Å². The Morgan fingerprint density at radius 2 is 1.88 bits per heavy atom. The average molecular weight is 228 g/mol. The number of aliphatic imine (C=N–C) groups is 2. The van der Waals surface area contributed by atoms with Crippen molar-refractivity contribution in [3.05, 3.63) is 48.0 Å². The molecule has 0 bridgehead atoms. The van der Waals surface area contributed by atoms with E-state index in [2.05, 4.69) is 34.8 Å². The van der Waals surface area contributed by atoms with Gasteiger partial charge in [-0.05, 0) is 37.5 Å². The Bertz CT molecular complexity index is 442. The van der Waals surface area contributed by atoms with Gasteiger partial charge < -0.3 is 0 Å². The van der Waals surface area contributed by atoms with Gasteiger partial charge in [-0.25, -0.2) is 0 Å². The standard InChI is InChI=1S/C15H20N2/c1-5-6-10-17-13(3)15-9-7-8-14(11-15)12(2)16-4/h5,7-9,11H,1,6,10H2,2-4H3. The third-order valence-electron chi connectivity index (χ3n) is 2.72. The summed E-state index contributed by atoms with van der Waals surface area (Å²) in [6.07, 6.45) is 2.81. The molecule has 0 amide bonds. The molecule has 0 fully saturated rings. The Morgan fingerprint density at radius 3 is 2.47 bits per heavy atom. The summed E-state index contributed by atoms with van der Waals surface area (Å²) in [5, 5.41) is 0. The van der Waals surface area contributed by atoms with Crippen LogP contribution in [-0.2, 0) is 0 Å². The molecule has 2 heteroatoms. The van der Waals surface area contributed by atoms with Gasteiger partial charge in [0.25, 0.3) is 0 Å². The summed E-state index contributed by atoms with van der Waals surface area (Å²) in [6, 6.07) is 8.34. The Labute approximate surface area is 104 Å². The lowest BCUT2D eigenvalue weighted by Crippen LogP contribution is -2.00. The lowest BCUT2D eigenvalue weighted by atomic mass is 10.0. The third-order valence-corrected chi connectivity index (χ3v) is 2.72. The van der Waals surface area contributed by atoms with Gasteiger partial charge in [-0.2, -0.15) is 0 Å². The van der Waals surface area contributed by atoms with Gasteiger partial charge in [-0.1, -0.05) is 24.3 Å². The number of benzene rings is 1. The maximum Gasteiger partial charge on any atom is 0.0427 e. The van der Waals surface area contributed by atoms with Crippen LogP contribution >= 0.6 is 0 Å². The second kappa shape index (κ2) is 6.79. The highest BCUT2D eigenvalue weighted by Gasteiger charge is 2.00. The summed E-state index contributed by atoms with van der Waals surface area (Å²) >= 11 is 0. The topological polar surface area (TPSA) is 24.7 Å². The van der Waals surface area contributed by atoms with Crippen LogP contribution in [0.15, 0.2) is 46.9 Å². The SMILES string of the molecule is C=CCCN=C(C)c1cccc(C(C)=NC)c1. The highest BCUT2D eigenvalue weighted by Crippen LogP contribution is 2.08. The fourth-order valence-electron chi connectivity index (χ4n) is 1.51. The molecule has 0 heterocycles. The quantitative estimate of drug-likeness (QED) is 0.418. The zero-order chi connectivity index (χ0) is 12.7. The molecule has 0 aliphatic heterocycles. The summed E-state index contributed by atoms with van der Waals surface area (Å²) in [6.45, 7) is 8.56. The van der Waals surface area contributed by atoms with Crippen LogP contribution in [0, 0.1) is 0 Å². The van der Waals surface area contributed by atoms with E-state index in [1.807, 2.05) is 33.0 Å². The highest BCUT2D eigenvalue weighted by atomic mass is 14.7. The summed E-state index contributed by atoms with van der Waals surface area (Å²) < 4.78 is 0. The molecular formula is C15H20N2. The van der Waals surface area contributed by atoms with Gasteiger partial charge in [0.05, 0.1) is 0 Å². The number of rotatable bonds is 5. The van der Waals surface area contributed by atoms with Gasteiger partial charge in [-0.3, -0.25) is 9.98 Å².